The number of likely N-dealkylation sites (tertiary alicyclic amines) is 1. The molecule has 1 aliphatic rings. The normalized spacial score (nSPS) is 17.9. The molecule has 1 N–H and O–H groups in total. The minimum Gasteiger partial charge on any atom is -0.497 e. The lowest BCUT2D eigenvalue weighted by Crippen LogP contribution is -2.34. The average molecular weight is 348 g/mol. The molecule has 1 aliphatic heterocycles. The summed E-state index contributed by atoms with van der Waals surface area (Å²) in [5.41, 5.74) is 3.12. The minimum absolute atomic E-state index is 0.133. The van der Waals surface area contributed by atoms with Crippen molar-refractivity contribution in [3.63, 3.8) is 0 Å². The number of aromatic amines is 1. The number of aromatic nitrogens is 1. The molecule has 2 heterocycles. The Morgan fingerprint density at radius 1 is 1.12 bits per heavy atom. The van der Waals surface area contributed by atoms with Gasteiger partial charge in [-0.15, -0.1) is 0 Å². The van der Waals surface area contributed by atoms with Gasteiger partial charge in [0.2, 0.25) is 0 Å². The second-order valence-electron chi connectivity index (χ2n) is 7.00. The molecule has 0 unspecified atom stereocenters. The third kappa shape index (κ3) is 3.32. The van der Waals surface area contributed by atoms with E-state index in [0.717, 1.165) is 54.6 Å². The summed E-state index contributed by atoms with van der Waals surface area (Å²) >= 11 is 0. The van der Waals surface area contributed by atoms with Gasteiger partial charge in [0.25, 0.3) is 5.91 Å². The highest BCUT2D eigenvalue weighted by molar-refractivity contribution is 5.98. The number of rotatable bonds is 3. The number of nitrogens with zero attached hydrogens (tertiary/aromatic N) is 1. The molecule has 4 nitrogen and oxygen atoms in total. The summed E-state index contributed by atoms with van der Waals surface area (Å²) in [5, 5.41) is 1.08. The van der Waals surface area contributed by atoms with Crippen LogP contribution in [0.15, 0.2) is 54.7 Å². The van der Waals surface area contributed by atoms with Crippen LogP contribution in [-0.2, 0) is 0 Å². The van der Waals surface area contributed by atoms with E-state index in [2.05, 4.69) is 17.1 Å². The van der Waals surface area contributed by atoms with Gasteiger partial charge in [-0.3, -0.25) is 4.79 Å². The van der Waals surface area contributed by atoms with Crippen molar-refractivity contribution >= 4 is 16.8 Å². The third-order valence-electron chi connectivity index (χ3n) is 5.35. The Balaban J connectivity index is 1.55. The second-order valence-corrected chi connectivity index (χ2v) is 7.00. The van der Waals surface area contributed by atoms with Crippen LogP contribution in [0.1, 0.15) is 41.1 Å². The lowest BCUT2D eigenvalue weighted by Gasteiger charge is -2.25. The molecule has 1 fully saturated rings. The summed E-state index contributed by atoms with van der Waals surface area (Å²) in [5.74, 6) is 1.38. The molecule has 26 heavy (non-hydrogen) atoms. The highest BCUT2D eigenvalue weighted by atomic mass is 16.5. The molecular weight excluding hydrogens is 324 g/mol. The number of ether oxygens (including phenoxy) is 1. The average Bonchev–Trinajstić information content (AvgIpc) is 3.02. The molecule has 1 amide bonds. The van der Waals surface area contributed by atoms with Gasteiger partial charge in [0, 0.05) is 41.7 Å². The van der Waals surface area contributed by atoms with Crippen molar-refractivity contribution in [2.24, 2.45) is 0 Å². The maximum atomic E-state index is 13.1. The molecule has 2 aromatic carbocycles. The van der Waals surface area contributed by atoms with Gasteiger partial charge in [0.1, 0.15) is 5.75 Å². The molecular formula is C22H24N2O2. The number of hydrogen-bond acceptors (Lipinski definition) is 2. The van der Waals surface area contributed by atoms with Crippen molar-refractivity contribution in [3.05, 3.63) is 65.9 Å². The van der Waals surface area contributed by atoms with Gasteiger partial charge in [0.05, 0.1) is 7.11 Å². The van der Waals surface area contributed by atoms with Gasteiger partial charge in [0.15, 0.2) is 0 Å². The van der Waals surface area contributed by atoms with Crippen molar-refractivity contribution in [1.82, 2.24) is 9.88 Å². The van der Waals surface area contributed by atoms with E-state index in [9.17, 15) is 4.79 Å². The summed E-state index contributed by atoms with van der Waals surface area (Å²) < 4.78 is 5.26. The fourth-order valence-electron chi connectivity index (χ4n) is 3.84. The van der Waals surface area contributed by atoms with Crippen LogP contribution in [-0.4, -0.2) is 36.0 Å². The first-order chi connectivity index (χ1) is 12.7. The zero-order chi connectivity index (χ0) is 17.9. The van der Waals surface area contributed by atoms with Crippen molar-refractivity contribution in [2.45, 2.75) is 25.2 Å². The summed E-state index contributed by atoms with van der Waals surface area (Å²) in [6.07, 6.45) is 5.24. The van der Waals surface area contributed by atoms with Crippen molar-refractivity contribution in [1.29, 1.82) is 0 Å². The first kappa shape index (κ1) is 16.7. The van der Waals surface area contributed by atoms with Gasteiger partial charge in [-0.05, 0) is 54.8 Å². The predicted octanol–water partition coefficient (Wildman–Crippen LogP) is 4.59. The Hall–Kier alpha value is -2.75. The highest BCUT2D eigenvalue weighted by Gasteiger charge is 2.24. The van der Waals surface area contributed by atoms with Crippen LogP contribution in [0.25, 0.3) is 10.9 Å². The van der Waals surface area contributed by atoms with Crippen LogP contribution >= 0.6 is 0 Å². The summed E-state index contributed by atoms with van der Waals surface area (Å²) in [7, 11) is 1.68. The largest absolute Gasteiger partial charge is 0.497 e. The topological polar surface area (TPSA) is 45.3 Å². The predicted molar refractivity (Wildman–Crippen MR) is 104 cm³/mol. The number of amides is 1. The van der Waals surface area contributed by atoms with Crippen molar-refractivity contribution in [2.75, 3.05) is 20.2 Å². The summed E-state index contributed by atoms with van der Waals surface area (Å²) in [6, 6.07) is 16.2. The van der Waals surface area contributed by atoms with Crippen molar-refractivity contribution in [3.8, 4) is 5.75 Å². The molecule has 134 valence electrons. The maximum Gasteiger partial charge on any atom is 0.253 e. The molecule has 0 bridgehead atoms. The fourth-order valence-corrected chi connectivity index (χ4v) is 3.84. The fraction of sp³-hybridized carbons (Fsp3) is 0.318. The minimum atomic E-state index is 0.133. The number of fused-ring (bicyclic) bond motifs is 1. The monoisotopic (exact) mass is 348 g/mol. The van der Waals surface area contributed by atoms with Gasteiger partial charge in [-0.25, -0.2) is 0 Å². The number of carbonyl (C=O) groups is 1. The Labute approximate surface area is 153 Å². The van der Waals surface area contributed by atoms with E-state index < -0.39 is 0 Å². The van der Waals surface area contributed by atoms with Crippen LogP contribution in [0.2, 0.25) is 0 Å². The Kier molecular flexibility index (Phi) is 4.65. The molecule has 1 saturated heterocycles. The first-order valence-electron chi connectivity index (χ1n) is 9.25. The molecule has 1 atom stereocenters. The molecule has 0 aliphatic carbocycles. The van der Waals surface area contributed by atoms with E-state index in [1.54, 1.807) is 7.11 Å². The van der Waals surface area contributed by atoms with E-state index in [-0.39, 0.29) is 5.91 Å². The Morgan fingerprint density at radius 3 is 2.77 bits per heavy atom. The Morgan fingerprint density at radius 2 is 1.96 bits per heavy atom. The molecule has 0 saturated carbocycles. The SMILES string of the molecule is COc1ccc([C@H]2CCCCN(C(=O)c3ccc4[nH]ccc4c3)C2)cc1. The number of hydrogen-bond donors (Lipinski definition) is 1. The smallest absolute Gasteiger partial charge is 0.253 e. The van der Waals surface area contributed by atoms with E-state index >= 15 is 0 Å². The van der Waals surface area contributed by atoms with Crippen LogP contribution < -0.4 is 4.74 Å². The third-order valence-corrected chi connectivity index (χ3v) is 5.35. The highest BCUT2D eigenvalue weighted by Crippen LogP contribution is 2.29. The number of H-pyrrole nitrogens is 1. The van der Waals surface area contributed by atoms with E-state index in [4.69, 9.17) is 4.74 Å². The van der Waals surface area contributed by atoms with E-state index in [0.29, 0.717) is 5.92 Å². The number of methoxy groups -OCH3 is 1. The summed E-state index contributed by atoms with van der Waals surface area (Å²) in [4.78, 5) is 18.3. The molecule has 4 heteroatoms. The van der Waals surface area contributed by atoms with Crippen LogP contribution in [0, 0.1) is 0 Å². The molecule has 4 rings (SSSR count). The zero-order valence-electron chi connectivity index (χ0n) is 15.1. The van der Waals surface area contributed by atoms with Crippen molar-refractivity contribution < 1.29 is 9.53 Å². The first-order valence-corrected chi connectivity index (χ1v) is 9.25. The standard InChI is InChI=1S/C22H24N2O2/c1-26-20-8-5-16(6-9-20)19-4-2-3-13-24(15-19)22(25)18-7-10-21-17(14-18)11-12-23-21/h5-12,14,19,23H,2-4,13,15H2,1H3/t19-/m0/s1. The van der Waals surface area contributed by atoms with Gasteiger partial charge < -0.3 is 14.6 Å². The lowest BCUT2D eigenvalue weighted by atomic mass is 9.94. The molecule has 0 spiro atoms. The summed E-state index contributed by atoms with van der Waals surface area (Å²) in [6.45, 7) is 1.60. The number of benzene rings is 2. The van der Waals surface area contributed by atoms with Gasteiger partial charge >= 0.3 is 0 Å². The van der Waals surface area contributed by atoms with E-state index in [1.807, 2.05) is 47.5 Å². The van der Waals surface area contributed by atoms with Gasteiger partial charge in [-0.2, -0.15) is 0 Å². The number of carbonyl (C=O) groups excluding carboxylic acids is 1. The molecule has 0 radical (unpaired) electrons. The van der Waals surface area contributed by atoms with Crippen LogP contribution in [0.4, 0.5) is 0 Å². The Bertz CT molecular complexity index is 898. The lowest BCUT2D eigenvalue weighted by molar-refractivity contribution is 0.0754. The number of nitrogens with one attached hydrogen (secondary N) is 1. The molecule has 3 aromatic rings. The maximum absolute atomic E-state index is 13.1. The second kappa shape index (κ2) is 7.24. The molecule has 1 aromatic heterocycles. The van der Waals surface area contributed by atoms with E-state index in [1.165, 1.54) is 5.56 Å². The van der Waals surface area contributed by atoms with Crippen LogP contribution in [0.3, 0.4) is 0 Å². The zero-order valence-corrected chi connectivity index (χ0v) is 15.1. The van der Waals surface area contributed by atoms with Crippen LogP contribution in [0.5, 0.6) is 5.75 Å². The van der Waals surface area contributed by atoms with Gasteiger partial charge in [-0.1, -0.05) is 18.6 Å². The quantitative estimate of drug-likeness (QED) is 0.753.